The summed E-state index contributed by atoms with van der Waals surface area (Å²) in [4.78, 5) is 22.6. The molecule has 2 unspecified atom stereocenters. The number of benzene rings is 1. The molecule has 0 spiro atoms. The van der Waals surface area contributed by atoms with Crippen molar-refractivity contribution in [3.05, 3.63) is 24.3 Å². The molecule has 7 heteroatoms. The van der Waals surface area contributed by atoms with Gasteiger partial charge in [0.15, 0.2) is 0 Å². The van der Waals surface area contributed by atoms with Crippen molar-refractivity contribution in [2.75, 3.05) is 5.32 Å². The number of nitrogens with one attached hydrogen (secondary N) is 1. The normalized spacial score (nSPS) is 13.7. The van der Waals surface area contributed by atoms with Crippen LogP contribution >= 0.6 is 0 Å². The van der Waals surface area contributed by atoms with E-state index >= 15 is 0 Å². The van der Waals surface area contributed by atoms with Crippen molar-refractivity contribution in [2.45, 2.75) is 20.5 Å². The lowest BCUT2D eigenvalue weighted by molar-refractivity contribution is -0.145. The molecule has 1 amide bonds. The molecule has 0 heterocycles. The number of carboxylic acids is 1. The minimum absolute atomic E-state index is 0.0232. The zero-order chi connectivity index (χ0) is 15.3. The van der Waals surface area contributed by atoms with Crippen LogP contribution in [0, 0.1) is 11.8 Å². The van der Waals surface area contributed by atoms with Gasteiger partial charge in [-0.25, -0.2) is 0 Å². The Kier molecular flexibility index (Phi) is 5.42. The number of carboxylic acid groups (broad SMARTS) is 1. The lowest BCUT2D eigenvalue weighted by atomic mass is 9.95. The third-order valence-corrected chi connectivity index (χ3v) is 2.90. The van der Waals surface area contributed by atoms with Crippen molar-refractivity contribution in [1.82, 2.24) is 0 Å². The number of anilines is 1. The lowest BCUT2D eigenvalue weighted by Crippen LogP contribution is -2.29. The second kappa shape index (κ2) is 6.83. The maximum Gasteiger partial charge on any atom is 0.387 e. The van der Waals surface area contributed by atoms with Crippen LogP contribution in [0.2, 0.25) is 0 Å². The zero-order valence-corrected chi connectivity index (χ0v) is 11.0. The fourth-order valence-corrected chi connectivity index (χ4v) is 1.42. The highest BCUT2D eigenvalue weighted by atomic mass is 19.3. The van der Waals surface area contributed by atoms with Gasteiger partial charge in [0.2, 0.25) is 5.91 Å². The Balaban J connectivity index is 2.64. The molecule has 0 bridgehead atoms. The highest BCUT2D eigenvalue weighted by Gasteiger charge is 2.25. The Morgan fingerprint density at radius 1 is 1.15 bits per heavy atom. The molecule has 1 rings (SSSR count). The molecular formula is C13H15F2NO4. The first-order chi connectivity index (χ1) is 9.31. The number of alkyl halides is 2. The van der Waals surface area contributed by atoms with E-state index in [1.54, 1.807) is 0 Å². The summed E-state index contributed by atoms with van der Waals surface area (Å²) < 4.78 is 28.1. The largest absolute Gasteiger partial charge is 0.481 e. The van der Waals surface area contributed by atoms with Crippen molar-refractivity contribution in [2.24, 2.45) is 11.8 Å². The highest BCUT2D eigenvalue weighted by molar-refractivity contribution is 5.94. The second-order valence-electron chi connectivity index (χ2n) is 4.31. The third-order valence-electron chi connectivity index (χ3n) is 2.90. The molecule has 0 saturated heterocycles. The molecule has 5 nitrogen and oxygen atoms in total. The standard InChI is InChI=1S/C13H15F2NO4/c1-7(8(2)12(18)19)11(17)16-9-3-5-10(6-4-9)20-13(14)15/h3-8,13H,1-2H3,(H,16,17)(H,18,19). The molecule has 0 aromatic heterocycles. The Labute approximate surface area is 114 Å². The van der Waals surface area contributed by atoms with Gasteiger partial charge in [0.05, 0.1) is 5.92 Å². The van der Waals surface area contributed by atoms with Crippen molar-refractivity contribution in [3.63, 3.8) is 0 Å². The number of rotatable bonds is 6. The van der Waals surface area contributed by atoms with E-state index in [2.05, 4.69) is 10.1 Å². The predicted octanol–water partition coefficient (Wildman–Crippen LogP) is 2.58. The Morgan fingerprint density at radius 2 is 1.70 bits per heavy atom. The lowest BCUT2D eigenvalue weighted by Gasteiger charge is -2.16. The predicted molar refractivity (Wildman–Crippen MR) is 67.7 cm³/mol. The minimum Gasteiger partial charge on any atom is -0.481 e. The summed E-state index contributed by atoms with van der Waals surface area (Å²) in [6.07, 6.45) is 0. The molecule has 1 aromatic rings. The summed E-state index contributed by atoms with van der Waals surface area (Å²) >= 11 is 0. The van der Waals surface area contributed by atoms with E-state index < -0.39 is 30.3 Å². The van der Waals surface area contributed by atoms with Crippen molar-refractivity contribution in [3.8, 4) is 5.75 Å². The molecule has 1 aromatic carbocycles. The van der Waals surface area contributed by atoms with Gasteiger partial charge in [-0.3, -0.25) is 9.59 Å². The van der Waals surface area contributed by atoms with E-state index in [0.717, 1.165) is 0 Å². The van der Waals surface area contributed by atoms with Crippen LogP contribution in [0.25, 0.3) is 0 Å². The van der Waals surface area contributed by atoms with Gasteiger partial charge in [-0.15, -0.1) is 0 Å². The van der Waals surface area contributed by atoms with Gasteiger partial charge < -0.3 is 15.2 Å². The van der Waals surface area contributed by atoms with E-state index in [4.69, 9.17) is 5.11 Å². The molecule has 2 atom stereocenters. The Morgan fingerprint density at radius 3 is 2.15 bits per heavy atom. The third kappa shape index (κ3) is 4.49. The molecule has 0 aliphatic heterocycles. The maximum absolute atomic E-state index is 12.0. The summed E-state index contributed by atoms with van der Waals surface area (Å²) in [6.45, 7) is 0.0287. The molecule has 0 fully saturated rings. The molecular weight excluding hydrogens is 272 g/mol. The fourth-order valence-electron chi connectivity index (χ4n) is 1.42. The number of amides is 1. The van der Waals surface area contributed by atoms with Crippen LogP contribution in [-0.4, -0.2) is 23.6 Å². The summed E-state index contributed by atoms with van der Waals surface area (Å²) in [5, 5.41) is 11.3. The number of aliphatic carboxylic acids is 1. The van der Waals surface area contributed by atoms with Gasteiger partial charge in [-0.2, -0.15) is 8.78 Å². The van der Waals surface area contributed by atoms with Crippen molar-refractivity contribution >= 4 is 17.6 Å². The molecule has 0 aliphatic carbocycles. The Hall–Kier alpha value is -2.18. The van der Waals surface area contributed by atoms with Gasteiger partial charge >= 0.3 is 12.6 Å². The van der Waals surface area contributed by atoms with Crippen LogP contribution in [0.15, 0.2) is 24.3 Å². The summed E-state index contributed by atoms with van der Waals surface area (Å²) in [5.74, 6) is -3.08. The summed E-state index contributed by atoms with van der Waals surface area (Å²) in [7, 11) is 0. The van der Waals surface area contributed by atoms with Crippen molar-refractivity contribution in [1.29, 1.82) is 0 Å². The van der Waals surface area contributed by atoms with Gasteiger partial charge in [0, 0.05) is 11.6 Å². The van der Waals surface area contributed by atoms with E-state index in [1.165, 1.54) is 38.1 Å². The number of halogens is 2. The van der Waals surface area contributed by atoms with Gasteiger partial charge in [0.1, 0.15) is 5.75 Å². The van der Waals surface area contributed by atoms with Gasteiger partial charge in [-0.1, -0.05) is 13.8 Å². The van der Waals surface area contributed by atoms with Crippen LogP contribution in [-0.2, 0) is 9.59 Å². The molecule has 0 saturated carbocycles. The number of hydrogen-bond acceptors (Lipinski definition) is 3. The summed E-state index contributed by atoms with van der Waals surface area (Å²) in [5.41, 5.74) is 0.376. The molecule has 20 heavy (non-hydrogen) atoms. The van der Waals surface area contributed by atoms with E-state index in [-0.39, 0.29) is 5.75 Å². The smallest absolute Gasteiger partial charge is 0.387 e. The van der Waals surface area contributed by atoms with Gasteiger partial charge in [-0.05, 0) is 24.3 Å². The second-order valence-corrected chi connectivity index (χ2v) is 4.31. The first kappa shape index (κ1) is 15.9. The fraction of sp³-hybridized carbons (Fsp3) is 0.385. The molecule has 0 aliphatic rings. The number of hydrogen-bond donors (Lipinski definition) is 2. The minimum atomic E-state index is -2.91. The van der Waals surface area contributed by atoms with E-state index in [9.17, 15) is 18.4 Å². The van der Waals surface area contributed by atoms with Crippen LogP contribution in [0.3, 0.4) is 0 Å². The van der Waals surface area contributed by atoms with Crippen LogP contribution in [0.1, 0.15) is 13.8 Å². The quantitative estimate of drug-likeness (QED) is 0.843. The molecule has 110 valence electrons. The average Bonchev–Trinajstić information content (AvgIpc) is 2.38. The highest BCUT2D eigenvalue weighted by Crippen LogP contribution is 2.19. The number of ether oxygens (including phenoxy) is 1. The number of carbonyl (C=O) groups is 2. The van der Waals surface area contributed by atoms with Crippen LogP contribution < -0.4 is 10.1 Å². The monoisotopic (exact) mass is 287 g/mol. The average molecular weight is 287 g/mol. The number of carbonyl (C=O) groups excluding carboxylic acids is 1. The topological polar surface area (TPSA) is 75.6 Å². The molecule has 0 radical (unpaired) electrons. The van der Waals surface area contributed by atoms with E-state index in [0.29, 0.717) is 5.69 Å². The maximum atomic E-state index is 12.0. The first-order valence-electron chi connectivity index (χ1n) is 5.89. The first-order valence-corrected chi connectivity index (χ1v) is 5.89. The zero-order valence-electron chi connectivity index (χ0n) is 11.0. The molecule has 2 N–H and O–H groups in total. The Bertz CT molecular complexity index is 476. The van der Waals surface area contributed by atoms with Gasteiger partial charge in [0.25, 0.3) is 0 Å². The van der Waals surface area contributed by atoms with Crippen LogP contribution in [0.5, 0.6) is 5.75 Å². The SMILES string of the molecule is CC(C(=O)O)C(C)C(=O)Nc1ccc(OC(F)F)cc1. The van der Waals surface area contributed by atoms with E-state index in [1.807, 2.05) is 0 Å². The van der Waals surface area contributed by atoms with Crippen molar-refractivity contribution < 1.29 is 28.2 Å². The summed E-state index contributed by atoms with van der Waals surface area (Å²) in [6, 6.07) is 5.36. The van der Waals surface area contributed by atoms with Crippen LogP contribution in [0.4, 0.5) is 14.5 Å².